The second kappa shape index (κ2) is 11.5. The number of nitrogens with zero attached hydrogens (tertiary/aromatic N) is 4. The number of methoxy groups -OCH3 is 2. The van der Waals surface area contributed by atoms with Gasteiger partial charge in [0.2, 0.25) is 5.91 Å². The monoisotopic (exact) mass is 581 g/mol. The quantitative estimate of drug-likeness (QED) is 0.241. The molecule has 0 saturated carbocycles. The highest BCUT2D eigenvalue weighted by Gasteiger charge is 2.25. The minimum absolute atomic E-state index is 0.188. The van der Waals surface area contributed by atoms with Crippen LogP contribution < -0.4 is 15.6 Å². The van der Waals surface area contributed by atoms with Gasteiger partial charge in [-0.2, -0.15) is 5.10 Å². The fourth-order valence-corrected chi connectivity index (χ4v) is 4.86. The van der Waals surface area contributed by atoms with Crippen LogP contribution >= 0.6 is 23.2 Å². The number of aromatic nitrogens is 4. The van der Waals surface area contributed by atoms with E-state index in [2.05, 4.69) is 15.6 Å². The van der Waals surface area contributed by atoms with Crippen LogP contribution in [0, 0.1) is 0 Å². The lowest BCUT2D eigenvalue weighted by Gasteiger charge is -2.21. The summed E-state index contributed by atoms with van der Waals surface area (Å²) in [6.45, 7) is 0.251. The van der Waals surface area contributed by atoms with Gasteiger partial charge in [-0.3, -0.25) is 18.8 Å². The van der Waals surface area contributed by atoms with Crippen LogP contribution in [0.25, 0.3) is 33.4 Å². The van der Waals surface area contributed by atoms with Crippen LogP contribution in [0.1, 0.15) is 12.5 Å². The third-order valence-corrected chi connectivity index (χ3v) is 6.82. The molecule has 0 aliphatic heterocycles. The third kappa shape index (κ3) is 5.60. The van der Waals surface area contributed by atoms with Crippen LogP contribution in [0.3, 0.4) is 0 Å². The molecule has 2 aromatic carbocycles. The van der Waals surface area contributed by atoms with Crippen LogP contribution in [-0.2, 0) is 16.6 Å². The largest absolute Gasteiger partial charge is 0.495 e. The van der Waals surface area contributed by atoms with Crippen molar-refractivity contribution >= 4 is 45.7 Å². The predicted molar refractivity (Wildman–Crippen MR) is 153 cm³/mol. The molecule has 40 heavy (non-hydrogen) atoms. The Bertz CT molecular complexity index is 1760. The molecule has 0 bridgehead atoms. The first kappa shape index (κ1) is 27.4. The summed E-state index contributed by atoms with van der Waals surface area (Å²) in [5, 5.41) is 12.5. The van der Waals surface area contributed by atoms with Gasteiger partial charge in [-0.25, -0.2) is 0 Å². The molecule has 3 aromatic heterocycles. The van der Waals surface area contributed by atoms with Gasteiger partial charge in [-0.15, -0.1) is 0 Å². The van der Waals surface area contributed by atoms with Gasteiger partial charge in [0.15, 0.2) is 10.9 Å². The summed E-state index contributed by atoms with van der Waals surface area (Å²) in [5.41, 5.74) is 2.61. The zero-order valence-electron chi connectivity index (χ0n) is 21.9. The Labute approximate surface area is 239 Å². The van der Waals surface area contributed by atoms with Crippen molar-refractivity contribution < 1.29 is 18.8 Å². The predicted octanol–water partition coefficient (Wildman–Crippen LogP) is 5.59. The first-order valence-electron chi connectivity index (χ1n) is 12.2. The number of nitrogens with one attached hydrogen (secondary N) is 1. The number of amides is 1. The molecule has 0 spiro atoms. The van der Waals surface area contributed by atoms with Crippen molar-refractivity contribution in [1.82, 2.24) is 19.5 Å². The molecular weight excluding hydrogens is 557 g/mol. The highest BCUT2D eigenvalue weighted by Crippen LogP contribution is 2.39. The molecule has 206 valence electrons. The van der Waals surface area contributed by atoms with Crippen LogP contribution in [0.5, 0.6) is 5.75 Å². The zero-order valence-corrected chi connectivity index (χ0v) is 23.4. The molecule has 0 saturated heterocycles. The summed E-state index contributed by atoms with van der Waals surface area (Å²) < 4.78 is 19.3. The minimum atomic E-state index is -0.882. The molecule has 5 aromatic rings. The Kier molecular flexibility index (Phi) is 7.92. The van der Waals surface area contributed by atoms with Gasteiger partial charge in [-0.1, -0.05) is 28.4 Å². The summed E-state index contributed by atoms with van der Waals surface area (Å²) in [6.07, 6.45) is 3.62. The molecule has 10 nitrogen and oxygen atoms in total. The average Bonchev–Trinajstić information content (AvgIpc) is 3.53. The first-order valence-corrected chi connectivity index (χ1v) is 13.0. The van der Waals surface area contributed by atoms with E-state index in [9.17, 15) is 9.59 Å². The second-order valence-electron chi connectivity index (χ2n) is 9.07. The Balaban J connectivity index is 1.54. The third-order valence-electron chi connectivity index (χ3n) is 6.40. The summed E-state index contributed by atoms with van der Waals surface area (Å²) >= 11 is 12.3. The number of benzene rings is 2. The molecular formula is C28H25Cl2N5O5. The molecule has 1 amide bonds. The zero-order chi connectivity index (χ0) is 28.4. The maximum atomic E-state index is 13.5. The first-order chi connectivity index (χ1) is 19.3. The van der Waals surface area contributed by atoms with Crippen LogP contribution in [-0.4, -0.2) is 46.2 Å². The second-order valence-corrected chi connectivity index (χ2v) is 9.89. The topological polar surface area (TPSA) is 113 Å². The molecule has 0 fully saturated rings. The molecule has 0 aliphatic carbocycles. The number of hydrogen-bond donors (Lipinski definition) is 1. The van der Waals surface area contributed by atoms with Gasteiger partial charge in [0.25, 0.3) is 5.56 Å². The van der Waals surface area contributed by atoms with Crippen LogP contribution in [0.4, 0.5) is 5.69 Å². The van der Waals surface area contributed by atoms with E-state index >= 15 is 0 Å². The number of rotatable bonds is 9. The van der Waals surface area contributed by atoms with Crippen LogP contribution in [0.2, 0.25) is 10.2 Å². The Morgan fingerprint density at radius 1 is 1.05 bits per heavy atom. The van der Waals surface area contributed by atoms with Gasteiger partial charge in [0.1, 0.15) is 11.8 Å². The standard InChI is InChI=1S/C28H25Cl2N5O5/c1-34-14-16-10-18(5-7-22(16)32-34)31-28(37)23(8-9-38-2)35-15-25(39-3)21(12-27(35)36)20-11-17(29)4-6-19(20)24-13-26(30)33-40-24/h4-7,10-15,23H,8-9H2,1-3H3,(H,31,37). The van der Waals surface area contributed by atoms with Crippen molar-refractivity contribution in [3.05, 3.63) is 81.5 Å². The molecule has 0 radical (unpaired) electrons. The number of halogens is 2. The van der Waals surface area contributed by atoms with E-state index in [0.29, 0.717) is 38.9 Å². The Morgan fingerprint density at radius 3 is 2.60 bits per heavy atom. The molecule has 0 aliphatic rings. The van der Waals surface area contributed by atoms with Crippen molar-refractivity contribution in [3.8, 4) is 28.2 Å². The number of carbonyl (C=O) groups is 1. The van der Waals surface area contributed by atoms with Gasteiger partial charge in [0, 0.05) is 72.7 Å². The number of fused-ring (bicyclic) bond motifs is 1. The van der Waals surface area contributed by atoms with Gasteiger partial charge < -0.3 is 19.3 Å². The van der Waals surface area contributed by atoms with Crippen molar-refractivity contribution in [2.75, 3.05) is 26.1 Å². The highest BCUT2D eigenvalue weighted by atomic mass is 35.5. The maximum absolute atomic E-state index is 13.5. The van der Waals surface area contributed by atoms with E-state index in [1.807, 2.05) is 25.4 Å². The SMILES string of the molecule is COCCC(C(=O)Nc1ccc2nn(C)cc2c1)n1cc(OC)c(-c2cc(Cl)ccc2-c2cc(Cl)no2)cc1=O. The van der Waals surface area contributed by atoms with Crippen LogP contribution in [0.15, 0.2) is 70.2 Å². The van der Waals surface area contributed by atoms with E-state index in [1.165, 1.54) is 31.0 Å². The normalized spacial score (nSPS) is 12.0. The lowest BCUT2D eigenvalue weighted by Crippen LogP contribution is -2.34. The number of pyridine rings is 1. The number of anilines is 1. The number of carbonyl (C=O) groups excluding carboxylic acids is 1. The van der Waals surface area contributed by atoms with E-state index < -0.39 is 11.6 Å². The summed E-state index contributed by atoms with van der Waals surface area (Å²) in [5.74, 6) is 0.364. The molecule has 1 atom stereocenters. The fraction of sp³-hybridized carbons (Fsp3) is 0.214. The number of hydrogen-bond acceptors (Lipinski definition) is 7. The van der Waals surface area contributed by atoms with E-state index in [4.69, 9.17) is 37.2 Å². The number of aryl methyl sites for hydroxylation is 1. The number of ether oxygens (including phenoxy) is 2. The average molecular weight is 582 g/mol. The molecule has 5 rings (SSSR count). The Hall–Kier alpha value is -4.12. The van der Waals surface area contributed by atoms with Crippen molar-refractivity contribution in [2.45, 2.75) is 12.5 Å². The molecule has 3 heterocycles. The molecule has 1 unspecified atom stereocenters. The van der Waals surface area contributed by atoms with Gasteiger partial charge in [0.05, 0.1) is 18.8 Å². The van der Waals surface area contributed by atoms with Gasteiger partial charge >= 0.3 is 0 Å². The van der Waals surface area contributed by atoms with Crippen molar-refractivity contribution in [2.24, 2.45) is 7.05 Å². The molecule has 1 N–H and O–H groups in total. The lowest BCUT2D eigenvalue weighted by atomic mass is 9.98. The molecule has 12 heteroatoms. The Morgan fingerprint density at radius 2 is 1.88 bits per heavy atom. The highest BCUT2D eigenvalue weighted by molar-refractivity contribution is 6.31. The van der Waals surface area contributed by atoms with E-state index in [1.54, 1.807) is 35.0 Å². The van der Waals surface area contributed by atoms with Gasteiger partial charge in [-0.05, 0) is 42.0 Å². The lowest BCUT2D eigenvalue weighted by molar-refractivity contribution is -0.119. The summed E-state index contributed by atoms with van der Waals surface area (Å²) in [7, 11) is 4.85. The van der Waals surface area contributed by atoms with Crippen molar-refractivity contribution in [3.63, 3.8) is 0 Å². The smallest absolute Gasteiger partial charge is 0.252 e. The summed E-state index contributed by atoms with van der Waals surface area (Å²) in [6, 6.07) is 12.6. The summed E-state index contributed by atoms with van der Waals surface area (Å²) in [4.78, 5) is 27.1. The fourth-order valence-electron chi connectivity index (χ4n) is 4.56. The minimum Gasteiger partial charge on any atom is -0.495 e. The van der Waals surface area contributed by atoms with Crippen molar-refractivity contribution in [1.29, 1.82) is 0 Å². The maximum Gasteiger partial charge on any atom is 0.252 e. The van der Waals surface area contributed by atoms with E-state index in [-0.39, 0.29) is 24.1 Å². The van der Waals surface area contributed by atoms with E-state index in [0.717, 1.165) is 10.9 Å².